The first-order valence-corrected chi connectivity index (χ1v) is 7.03. The first-order valence-electron chi connectivity index (χ1n) is 7.03. The Hall–Kier alpha value is -2.28. The van der Waals surface area contributed by atoms with Crippen molar-refractivity contribution in [3.8, 4) is 5.69 Å². The second-order valence-electron chi connectivity index (χ2n) is 5.45. The number of amides is 1. The number of aromatic nitrogens is 4. The van der Waals surface area contributed by atoms with E-state index in [-0.39, 0.29) is 11.9 Å². The van der Waals surface area contributed by atoms with E-state index in [2.05, 4.69) is 22.4 Å². The van der Waals surface area contributed by atoms with Gasteiger partial charge in [-0.2, -0.15) is 0 Å². The summed E-state index contributed by atoms with van der Waals surface area (Å²) < 4.78 is 1.55. The van der Waals surface area contributed by atoms with Gasteiger partial charge in [0.2, 0.25) is 0 Å². The summed E-state index contributed by atoms with van der Waals surface area (Å²) in [6.45, 7) is 3.45. The maximum atomic E-state index is 12.6. The molecule has 2 heterocycles. The number of hydrogen-bond acceptors (Lipinski definition) is 5. The van der Waals surface area contributed by atoms with Crippen molar-refractivity contribution in [3.63, 3.8) is 0 Å². The molecule has 2 aromatic rings. The first-order chi connectivity index (χ1) is 10.2. The van der Waals surface area contributed by atoms with Gasteiger partial charge in [-0.25, -0.2) is 4.68 Å². The molecule has 0 spiro atoms. The number of nitrogens with zero attached hydrogens (tertiary/aromatic N) is 5. The number of carbonyl (C=O) groups excluding carboxylic acids is 1. The van der Waals surface area contributed by atoms with Crippen molar-refractivity contribution < 1.29 is 4.79 Å². The zero-order valence-corrected chi connectivity index (χ0v) is 11.9. The highest BCUT2D eigenvalue weighted by Crippen LogP contribution is 2.24. The molecule has 2 atom stereocenters. The van der Waals surface area contributed by atoms with Crippen molar-refractivity contribution in [1.29, 1.82) is 0 Å². The smallest absolute Gasteiger partial charge is 0.254 e. The van der Waals surface area contributed by atoms with Crippen LogP contribution in [0.15, 0.2) is 30.6 Å². The van der Waals surface area contributed by atoms with E-state index in [4.69, 9.17) is 5.73 Å². The lowest BCUT2D eigenvalue weighted by atomic mass is 10.1. The molecule has 3 rings (SSSR count). The van der Waals surface area contributed by atoms with Crippen LogP contribution in [0.2, 0.25) is 0 Å². The van der Waals surface area contributed by atoms with Gasteiger partial charge in [0, 0.05) is 18.2 Å². The summed E-state index contributed by atoms with van der Waals surface area (Å²) in [5.74, 6) is 0.464. The fraction of sp³-hybridized carbons (Fsp3) is 0.429. The highest BCUT2D eigenvalue weighted by molar-refractivity contribution is 5.94. The highest BCUT2D eigenvalue weighted by atomic mass is 16.2. The van der Waals surface area contributed by atoms with Gasteiger partial charge in [0.1, 0.15) is 6.33 Å². The molecular weight excluding hydrogens is 268 g/mol. The molecule has 0 radical (unpaired) electrons. The van der Waals surface area contributed by atoms with E-state index < -0.39 is 0 Å². The van der Waals surface area contributed by atoms with Crippen LogP contribution < -0.4 is 5.73 Å². The average molecular weight is 286 g/mol. The largest absolute Gasteiger partial charge is 0.336 e. The van der Waals surface area contributed by atoms with Crippen LogP contribution in [0.5, 0.6) is 0 Å². The molecule has 21 heavy (non-hydrogen) atoms. The number of nitrogens with two attached hydrogens (primary N) is 1. The summed E-state index contributed by atoms with van der Waals surface area (Å²) in [5.41, 5.74) is 7.21. The summed E-state index contributed by atoms with van der Waals surface area (Å²) in [6, 6.07) is 7.53. The van der Waals surface area contributed by atoms with E-state index >= 15 is 0 Å². The fourth-order valence-corrected chi connectivity index (χ4v) is 2.80. The van der Waals surface area contributed by atoms with Crippen molar-refractivity contribution in [2.24, 2.45) is 11.7 Å². The Morgan fingerprint density at radius 2 is 2.14 bits per heavy atom. The van der Waals surface area contributed by atoms with Crippen LogP contribution >= 0.6 is 0 Å². The van der Waals surface area contributed by atoms with Gasteiger partial charge >= 0.3 is 0 Å². The Morgan fingerprint density at radius 3 is 2.71 bits per heavy atom. The number of rotatable bonds is 3. The van der Waals surface area contributed by atoms with Gasteiger partial charge in [0.05, 0.1) is 5.69 Å². The van der Waals surface area contributed by atoms with Gasteiger partial charge in [-0.1, -0.05) is 0 Å². The lowest BCUT2D eigenvalue weighted by molar-refractivity contribution is 0.0743. The molecule has 1 saturated heterocycles. The lowest BCUT2D eigenvalue weighted by Crippen LogP contribution is -2.34. The normalized spacial score (nSPS) is 21.7. The molecule has 0 bridgehead atoms. The fourth-order valence-electron chi connectivity index (χ4n) is 2.80. The average Bonchev–Trinajstić information content (AvgIpc) is 3.16. The minimum Gasteiger partial charge on any atom is -0.336 e. The predicted molar refractivity (Wildman–Crippen MR) is 76.8 cm³/mol. The zero-order valence-electron chi connectivity index (χ0n) is 11.9. The van der Waals surface area contributed by atoms with Crippen LogP contribution in [-0.2, 0) is 0 Å². The molecular formula is C14H18N6O. The summed E-state index contributed by atoms with van der Waals surface area (Å²) in [7, 11) is 0. The predicted octanol–water partition coefficient (Wildman–Crippen LogP) is 0.472. The van der Waals surface area contributed by atoms with E-state index in [0.717, 1.165) is 18.7 Å². The van der Waals surface area contributed by atoms with Gasteiger partial charge in [0.25, 0.3) is 5.91 Å². The highest BCUT2D eigenvalue weighted by Gasteiger charge is 2.31. The molecule has 2 unspecified atom stereocenters. The van der Waals surface area contributed by atoms with Crippen LogP contribution in [0.1, 0.15) is 23.7 Å². The summed E-state index contributed by atoms with van der Waals surface area (Å²) in [4.78, 5) is 14.5. The van der Waals surface area contributed by atoms with E-state index in [1.165, 1.54) is 6.33 Å². The van der Waals surface area contributed by atoms with E-state index in [1.807, 2.05) is 29.2 Å². The number of hydrogen-bond donors (Lipinski definition) is 1. The van der Waals surface area contributed by atoms with Crippen molar-refractivity contribution in [1.82, 2.24) is 25.1 Å². The van der Waals surface area contributed by atoms with Crippen LogP contribution in [0.25, 0.3) is 5.69 Å². The summed E-state index contributed by atoms with van der Waals surface area (Å²) in [6.07, 6.45) is 2.50. The van der Waals surface area contributed by atoms with Crippen LogP contribution in [0.4, 0.5) is 0 Å². The Morgan fingerprint density at radius 1 is 1.38 bits per heavy atom. The number of likely N-dealkylation sites (tertiary alicyclic amines) is 1. The van der Waals surface area contributed by atoms with E-state index in [0.29, 0.717) is 18.0 Å². The van der Waals surface area contributed by atoms with E-state index in [9.17, 15) is 4.79 Å². The van der Waals surface area contributed by atoms with Crippen molar-refractivity contribution in [2.75, 3.05) is 13.1 Å². The molecule has 2 N–H and O–H groups in total. The lowest BCUT2D eigenvalue weighted by Gasteiger charge is -2.21. The van der Waals surface area contributed by atoms with Gasteiger partial charge in [0.15, 0.2) is 0 Å². The third-order valence-corrected chi connectivity index (χ3v) is 3.98. The zero-order chi connectivity index (χ0) is 14.8. The number of carbonyl (C=O) groups is 1. The maximum absolute atomic E-state index is 12.6. The maximum Gasteiger partial charge on any atom is 0.254 e. The third-order valence-electron chi connectivity index (χ3n) is 3.98. The summed E-state index contributed by atoms with van der Waals surface area (Å²) >= 11 is 0. The standard InChI is InChI=1S/C14H18N6O/c1-10-6-11(7-15)8-19(10)14(21)12-2-4-13(5-3-12)20-9-16-17-18-20/h2-5,9-11H,6-8,15H2,1H3. The molecule has 1 aromatic heterocycles. The number of benzene rings is 1. The SMILES string of the molecule is CC1CC(CN)CN1C(=O)c1ccc(-n2cnnn2)cc1. The molecule has 1 aliphatic rings. The van der Waals surface area contributed by atoms with Gasteiger partial charge in [-0.15, -0.1) is 5.10 Å². The number of tetrazole rings is 1. The molecule has 1 fully saturated rings. The second-order valence-corrected chi connectivity index (χ2v) is 5.45. The molecule has 1 aliphatic heterocycles. The van der Waals surface area contributed by atoms with Gasteiger partial charge in [-0.05, 0) is 60.5 Å². The molecule has 1 aromatic carbocycles. The van der Waals surface area contributed by atoms with E-state index in [1.54, 1.807) is 4.68 Å². The first kappa shape index (κ1) is 13.7. The molecule has 0 aliphatic carbocycles. The quantitative estimate of drug-likeness (QED) is 0.886. The van der Waals surface area contributed by atoms with Gasteiger partial charge < -0.3 is 10.6 Å². The topological polar surface area (TPSA) is 89.9 Å². The Labute approximate surface area is 122 Å². The van der Waals surface area contributed by atoms with Crippen molar-refractivity contribution >= 4 is 5.91 Å². The Kier molecular flexibility index (Phi) is 3.66. The molecule has 110 valence electrons. The van der Waals surface area contributed by atoms with Crippen molar-refractivity contribution in [3.05, 3.63) is 36.2 Å². The Bertz CT molecular complexity index is 609. The monoisotopic (exact) mass is 286 g/mol. The molecule has 7 heteroatoms. The molecule has 0 saturated carbocycles. The molecule has 7 nitrogen and oxygen atoms in total. The molecule has 1 amide bonds. The second kappa shape index (κ2) is 5.61. The van der Waals surface area contributed by atoms with Crippen molar-refractivity contribution in [2.45, 2.75) is 19.4 Å². The van der Waals surface area contributed by atoms with Gasteiger partial charge in [-0.3, -0.25) is 4.79 Å². The minimum atomic E-state index is 0.0571. The minimum absolute atomic E-state index is 0.0571. The van der Waals surface area contributed by atoms with Crippen LogP contribution in [-0.4, -0.2) is 50.1 Å². The van der Waals surface area contributed by atoms with Crippen LogP contribution in [0, 0.1) is 5.92 Å². The third kappa shape index (κ3) is 2.64. The summed E-state index contributed by atoms with van der Waals surface area (Å²) in [5, 5.41) is 11.0. The Balaban J connectivity index is 1.76. The van der Waals surface area contributed by atoms with Crippen LogP contribution in [0.3, 0.4) is 0 Å².